The molecule has 0 aliphatic carbocycles. The first kappa shape index (κ1) is 12.7. The maximum atomic E-state index is 11.3. The summed E-state index contributed by atoms with van der Waals surface area (Å²) in [5.41, 5.74) is 1.80. The summed E-state index contributed by atoms with van der Waals surface area (Å²) in [6, 6.07) is 3.03. The molecule has 3 N–H and O–H groups in total. The number of anilines is 1. The Balaban J connectivity index is 2.35. The molecular formula is C11H12BrN3O3. The minimum atomic E-state index is -0.477. The number of imidazole rings is 1. The van der Waals surface area contributed by atoms with Crippen LogP contribution < -0.4 is 11.0 Å². The number of carbonyl (C=O) groups is 1. The van der Waals surface area contributed by atoms with Gasteiger partial charge >= 0.3 is 11.7 Å². The van der Waals surface area contributed by atoms with Crippen molar-refractivity contribution in [2.24, 2.45) is 0 Å². The highest BCUT2D eigenvalue weighted by Crippen LogP contribution is 2.26. The number of aromatic nitrogens is 2. The second-order valence-electron chi connectivity index (χ2n) is 3.85. The molecule has 0 spiro atoms. The van der Waals surface area contributed by atoms with Crippen LogP contribution in [0.2, 0.25) is 0 Å². The van der Waals surface area contributed by atoms with Crippen LogP contribution in [0.25, 0.3) is 11.0 Å². The Morgan fingerprint density at radius 2 is 2.00 bits per heavy atom. The van der Waals surface area contributed by atoms with Gasteiger partial charge in [-0.3, -0.25) is 0 Å². The van der Waals surface area contributed by atoms with Gasteiger partial charge < -0.3 is 20.0 Å². The van der Waals surface area contributed by atoms with Gasteiger partial charge in [0, 0.05) is 4.47 Å². The zero-order valence-corrected chi connectivity index (χ0v) is 11.4. The van der Waals surface area contributed by atoms with Crippen molar-refractivity contribution < 1.29 is 9.53 Å². The standard InChI is InChI=1S/C11H12BrN3O3/c1-5(10(16)18-2)13-7-4-9-8(3-6(7)12)14-11(17)15-9/h3-5,13H,1-2H3,(H2,14,15,17). The lowest BCUT2D eigenvalue weighted by Gasteiger charge is -2.14. The van der Waals surface area contributed by atoms with Crippen LogP contribution >= 0.6 is 15.9 Å². The Morgan fingerprint density at radius 3 is 2.61 bits per heavy atom. The molecule has 1 atom stereocenters. The van der Waals surface area contributed by atoms with E-state index in [-0.39, 0.29) is 11.7 Å². The van der Waals surface area contributed by atoms with Crippen LogP contribution in [-0.4, -0.2) is 29.1 Å². The topological polar surface area (TPSA) is 87.0 Å². The Hall–Kier alpha value is -1.76. The van der Waals surface area contributed by atoms with Crippen molar-refractivity contribution in [2.75, 3.05) is 12.4 Å². The van der Waals surface area contributed by atoms with E-state index in [0.29, 0.717) is 16.7 Å². The molecule has 1 aromatic heterocycles. The normalized spacial score (nSPS) is 12.4. The fourth-order valence-electron chi connectivity index (χ4n) is 1.64. The lowest BCUT2D eigenvalue weighted by molar-refractivity contribution is -0.141. The Kier molecular flexibility index (Phi) is 3.42. The minimum absolute atomic E-state index is 0.268. The molecule has 0 bridgehead atoms. The lowest BCUT2D eigenvalue weighted by Crippen LogP contribution is -2.27. The summed E-state index contributed by atoms with van der Waals surface area (Å²) in [5.74, 6) is -0.357. The van der Waals surface area contributed by atoms with Crippen molar-refractivity contribution in [2.45, 2.75) is 13.0 Å². The molecule has 7 heteroatoms. The number of H-pyrrole nitrogens is 2. The van der Waals surface area contributed by atoms with Gasteiger partial charge in [0.05, 0.1) is 23.8 Å². The van der Waals surface area contributed by atoms with E-state index in [1.165, 1.54) is 7.11 Å². The molecule has 2 aromatic rings. The Labute approximate surface area is 111 Å². The predicted molar refractivity (Wildman–Crippen MR) is 71.7 cm³/mol. The minimum Gasteiger partial charge on any atom is -0.467 e. The van der Waals surface area contributed by atoms with E-state index < -0.39 is 6.04 Å². The number of halogens is 1. The predicted octanol–water partition coefficient (Wildman–Crippen LogP) is 1.59. The zero-order valence-electron chi connectivity index (χ0n) is 9.83. The van der Waals surface area contributed by atoms with Gasteiger partial charge in [-0.2, -0.15) is 0 Å². The van der Waals surface area contributed by atoms with E-state index in [9.17, 15) is 9.59 Å². The smallest absolute Gasteiger partial charge is 0.327 e. The van der Waals surface area contributed by atoms with Crippen molar-refractivity contribution in [3.63, 3.8) is 0 Å². The summed E-state index contributed by atoms with van der Waals surface area (Å²) in [4.78, 5) is 27.8. The second kappa shape index (κ2) is 4.85. The first-order valence-corrected chi connectivity index (χ1v) is 6.06. The summed E-state index contributed by atoms with van der Waals surface area (Å²) >= 11 is 3.38. The van der Waals surface area contributed by atoms with Crippen LogP contribution in [0, 0.1) is 0 Å². The van der Waals surface area contributed by atoms with E-state index in [4.69, 9.17) is 0 Å². The van der Waals surface area contributed by atoms with E-state index in [1.54, 1.807) is 19.1 Å². The van der Waals surface area contributed by atoms with Gasteiger partial charge in [0.15, 0.2) is 0 Å². The number of aromatic amines is 2. The number of fused-ring (bicyclic) bond motifs is 1. The van der Waals surface area contributed by atoms with Gasteiger partial charge in [-0.1, -0.05) is 0 Å². The molecule has 0 amide bonds. The maximum absolute atomic E-state index is 11.3. The van der Waals surface area contributed by atoms with Crippen molar-refractivity contribution in [1.29, 1.82) is 0 Å². The van der Waals surface area contributed by atoms with Gasteiger partial charge in [0.25, 0.3) is 0 Å². The van der Waals surface area contributed by atoms with Gasteiger partial charge in [-0.25, -0.2) is 9.59 Å². The molecular weight excluding hydrogens is 302 g/mol. The number of methoxy groups -OCH3 is 1. The molecule has 1 heterocycles. The highest BCUT2D eigenvalue weighted by Gasteiger charge is 2.14. The molecule has 96 valence electrons. The number of rotatable bonds is 3. The first-order chi connectivity index (χ1) is 8.51. The van der Waals surface area contributed by atoms with Crippen LogP contribution in [-0.2, 0) is 9.53 Å². The van der Waals surface area contributed by atoms with Gasteiger partial charge in [-0.05, 0) is 35.0 Å². The largest absolute Gasteiger partial charge is 0.467 e. The second-order valence-corrected chi connectivity index (χ2v) is 4.70. The molecule has 0 fully saturated rings. The summed E-state index contributed by atoms with van der Waals surface area (Å²) in [5, 5.41) is 3.00. The number of nitrogens with one attached hydrogen (secondary N) is 3. The highest BCUT2D eigenvalue weighted by atomic mass is 79.9. The third-order valence-electron chi connectivity index (χ3n) is 2.53. The molecule has 0 saturated carbocycles. The van der Waals surface area contributed by atoms with Gasteiger partial charge in [0.1, 0.15) is 6.04 Å². The van der Waals surface area contributed by atoms with Crippen LogP contribution in [0.15, 0.2) is 21.4 Å². The number of benzene rings is 1. The van der Waals surface area contributed by atoms with E-state index in [2.05, 4.69) is 36.0 Å². The molecule has 1 unspecified atom stereocenters. The SMILES string of the molecule is COC(=O)C(C)Nc1cc2[nH]c(=O)[nH]c2cc1Br. The summed E-state index contributed by atoms with van der Waals surface area (Å²) in [6.45, 7) is 1.70. The van der Waals surface area contributed by atoms with Crippen LogP contribution in [0.1, 0.15) is 6.92 Å². The molecule has 1 aromatic carbocycles. The van der Waals surface area contributed by atoms with E-state index >= 15 is 0 Å². The van der Waals surface area contributed by atoms with Crippen LogP contribution in [0.4, 0.5) is 5.69 Å². The highest BCUT2D eigenvalue weighted by molar-refractivity contribution is 9.10. The molecule has 0 aliphatic rings. The van der Waals surface area contributed by atoms with Crippen LogP contribution in [0.3, 0.4) is 0 Å². The molecule has 2 rings (SSSR count). The molecule has 0 radical (unpaired) electrons. The summed E-state index contributed by atoms with van der Waals surface area (Å²) in [7, 11) is 1.34. The van der Waals surface area contributed by atoms with E-state index in [0.717, 1.165) is 4.47 Å². The average molecular weight is 314 g/mol. The van der Waals surface area contributed by atoms with Gasteiger partial charge in [0.2, 0.25) is 0 Å². The molecule has 0 saturated heterocycles. The first-order valence-electron chi connectivity index (χ1n) is 5.27. The Bertz CT molecular complexity index is 647. The molecule has 6 nitrogen and oxygen atoms in total. The zero-order chi connectivity index (χ0) is 13.3. The van der Waals surface area contributed by atoms with Crippen molar-refractivity contribution in [3.05, 3.63) is 27.1 Å². The van der Waals surface area contributed by atoms with Crippen molar-refractivity contribution in [3.8, 4) is 0 Å². The quantitative estimate of drug-likeness (QED) is 0.751. The van der Waals surface area contributed by atoms with Crippen LogP contribution in [0.5, 0.6) is 0 Å². The average Bonchev–Trinajstić information content (AvgIpc) is 2.67. The van der Waals surface area contributed by atoms with E-state index in [1.807, 2.05) is 0 Å². The fourth-order valence-corrected chi connectivity index (χ4v) is 2.09. The summed E-state index contributed by atoms with van der Waals surface area (Å²) < 4.78 is 5.39. The summed E-state index contributed by atoms with van der Waals surface area (Å²) in [6.07, 6.45) is 0. The number of hydrogen-bond acceptors (Lipinski definition) is 4. The van der Waals surface area contributed by atoms with Gasteiger partial charge in [-0.15, -0.1) is 0 Å². The number of ether oxygens (including phenoxy) is 1. The van der Waals surface area contributed by atoms with Crippen molar-refractivity contribution in [1.82, 2.24) is 9.97 Å². The number of esters is 1. The third-order valence-corrected chi connectivity index (χ3v) is 3.19. The molecule has 0 aliphatic heterocycles. The number of carbonyl (C=O) groups excluding carboxylic acids is 1. The molecule has 18 heavy (non-hydrogen) atoms. The lowest BCUT2D eigenvalue weighted by atomic mass is 10.2. The van der Waals surface area contributed by atoms with Crippen molar-refractivity contribution >= 4 is 38.6 Å². The maximum Gasteiger partial charge on any atom is 0.327 e. The monoisotopic (exact) mass is 313 g/mol. The number of hydrogen-bond donors (Lipinski definition) is 3. The Morgan fingerprint density at radius 1 is 1.39 bits per heavy atom. The fraction of sp³-hybridized carbons (Fsp3) is 0.273. The third kappa shape index (κ3) is 2.40.